The van der Waals surface area contributed by atoms with Crippen LogP contribution in [0.25, 0.3) is 0 Å². The minimum atomic E-state index is -0.422. The number of likely N-dealkylation sites (tertiary alicyclic amines) is 1. The molecule has 0 saturated carbocycles. The molecule has 5 nitrogen and oxygen atoms in total. The summed E-state index contributed by atoms with van der Waals surface area (Å²) < 4.78 is 18.6. The molecule has 140 valence electrons. The zero-order valence-corrected chi connectivity index (χ0v) is 15.2. The highest BCUT2D eigenvalue weighted by molar-refractivity contribution is 5.79. The Kier molecular flexibility index (Phi) is 5.92. The number of amides is 1. The number of hydrogen-bond donors (Lipinski definition) is 1. The molecule has 1 amide bonds. The first-order valence-electron chi connectivity index (χ1n) is 8.96. The molecule has 1 N–H and O–H groups in total. The lowest BCUT2D eigenvalue weighted by molar-refractivity contribution is -0.131. The second-order valence-electron chi connectivity index (χ2n) is 6.59. The third-order valence-electron chi connectivity index (χ3n) is 4.84. The van der Waals surface area contributed by atoms with Gasteiger partial charge in [-0.3, -0.25) is 4.79 Å². The number of methoxy groups -OCH3 is 1. The normalized spacial score (nSPS) is 14.5. The zero-order chi connectivity index (χ0) is 19.2. The van der Waals surface area contributed by atoms with Gasteiger partial charge in [0.2, 0.25) is 5.91 Å². The van der Waals surface area contributed by atoms with Crippen LogP contribution < -0.4 is 10.1 Å². The van der Waals surface area contributed by atoms with Crippen molar-refractivity contribution in [3.63, 3.8) is 0 Å². The van der Waals surface area contributed by atoms with Crippen molar-refractivity contribution in [3.8, 4) is 11.8 Å². The summed E-state index contributed by atoms with van der Waals surface area (Å²) in [6.45, 7) is 1.30. The molecule has 1 saturated heterocycles. The third-order valence-corrected chi connectivity index (χ3v) is 4.84. The predicted octanol–water partition coefficient (Wildman–Crippen LogP) is 3.35. The van der Waals surface area contributed by atoms with Crippen molar-refractivity contribution in [2.45, 2.75) is 25.3 Å². The molecule has 1 heterocycles. The molecule has 6 heteroatoms. The summed E-state index contributed by atoms with van der Waals surface area (Å²) in [6.07, 6.45) is 1.87. The van der Waals surface area contributed by atoms with Crippen LogP contribution in [0.1, 0.15) is 24.0 Å². The fourth-order valence-electron chi connectivity index (χ4n) is 3.35. The van der Waals surface area contributed by atoms with E-state index in [0.29, 0.717) is 30.8 Å². The number of piperidine rings is 1. The number of nitrogens with zero attached hydrogens (tertiary/aromatic N) is 2. The average molecular weight is 367 g/mol. The number of rotatable bonds is 5. The average Bonchev–Trinajstić information content (AvgIpc) is 2.70. The second-order valence-corrected chi connectivity index (χ2v) is 6.59. The number of anilines is 1. The summed E-state index contributed by atoms with van der Waals surface area (Å²) in [5.41, 5.74) is 1.82. The Morgan fingerprint density at radius 3 is 2.74 bits per heavy atom. The van der Waals surface area contributed by atoms with Crippen molar-refractivity contribution < 1.29 is 13.9 Å². The SMILES string of the molecule is COc1ccccc1CC(=O)N1CCC(Nc2ccc(F)cc2C#N)CC1. The smallest absolute Gasteiger partial charge is 0.227 e. The summed E-state index contributed by atoms with van der Waals surface area (Å²) in [5.74, 6) is 0.383. The summed E-state index contributed by atoms with van der Waals surface area (Å²) in [6, 6.07) is 13.9. The lowest BCUT2D eigenvalue weighted by atomic mass is 10.0. The van der Waals surface area contributed by atoms with Crippen LogP contribution in [0.5, 0.6) is 5.75 Å². The fourth-order valence-corrected chi connectivity index (χ4v) is 3.35. The number of ether oxygens (including phenoxy) is 1. The van der Waals surface area contributed by atoms with Crippen LogP contribution >= 0.6 is 0 Å². The van der Waals surface area contributed by atoms with Gasteiger partial charge in [-0.25, -0.2) is 4.39 Å². The zero-order valence-electron chi connectivity index (χ0n) is 15.2. The van der Waals surface area contributed by atoms with Gasteiger partial charge in [0, 0.05) is 24.7 Å². The number of benzene rings is 2. The summed E-state index contributed by atoms with van der Waals surface area (Å²) in [4.78, 5) is 14.5. The van der Waals surface area contributed by atoms with E-state index in [-0.39, 0.29) is 11.9 Å². The van der Waals surface area contributed by atoms with Crippen LogP contribution in [0.15, 0.2) is 42.5 Å². The van der Waals surface area contributed by atoms with E-state index in [1.54, 1.807) is 13.2 Å². The highest BCUT2D eigenvalue weighted by atomic mass is 19.1. The van der Waals surface area contributed by atoms with E-state index in [1.807, 2.05) is 35.2 Å². The van der Waals surface area contributed by atoms with Gasteiger partial charge < -0.3 is 15.0 Å². The van der Waals surface area contributed by atoms with E-state index >= 15 is 0 Å². The number of nitriles is 1. The summed E-state index contributed by atoms with van der Waals surface area (Å²) in [7, 11) is 1.60. The Labute approximate surface area is 158 Å². The van der Waals surface area contributed by atoms with E-state index in [9.17, 15) is 9.18 Å². The molecule has 1 aliphatic rings. The molecule has 0 atom stereocenters. The number of hydrogen-bond acceptors (Lipinski definition) is 4. The molecule has 1 fully saturated rings. The van der Waals surface area contributed by atoms with Crippen LogP contribution in [0.4, 0.5) is 10.1 Å². The molecule has 27 heavy (non-hydrogen) atoms. The Hall–Kier alpha value is -3.07. The first-order chi connectivity index (χ1) is 13.1. The summed E-state index contributed by atoms with van der Waals surface area (Å²) >= 11 is 0. The molecule has 0 aliphatic carbocycles. The molecule has 2 aromatic rings. The van der Waals surface area contributed by atoms with Crippen LogP contribution in [0.3, 0.4) is 0 Å². The second kappa shape index (κ2) is 8.54. The molecule has 2 aromatic carbocycles. The van der Waals surface area contributed by atoms with E-state index in [2.05, 4.69) is 5.32 Å². The number of carbonyl (C=O) groups is 1. The van der Waals surface area contributed by atoms with Crippen molar-refractivity contribution in [2.75, 3.05) is 25.5 Å². The Morgan fingerprint density at radius 1 is 1.30 bits per heavy atom. The van der Waals surface area contributed by atoms with Crippen molar-refractivity contribution >= 4 is 11.6 Å². The Morgan fingerprint density at radius 2 is 2.04 bits per heavy atom. The molecule has 0 unspecified atom stereocenters. The quantitative estimate of drug-likeness (QED) is 0.880. The molecular weight excluding hydrogens is 345 g/mol. The number of para-hydroxylation sites is 1. The van der Waals surface area contributed by atoms with E-state index in [1.165, 1.54) is 12.1 Å². The molecule has 0 spiro atoms. The van der Waals surface area contributed by atoms with Crippen LogP contribution in [0.2, 0.25) is 0 Å². The van der Waals surface area contributed by atoms with Gasteiger partial charge in [-0.1, -0.05) is 18.2 Å². The lowest BCUT2D eigenvalue weighted by Crippen LogP contribution is -2.43. The Balaban J connectivity index is 1.56. The number of nitrogens with one attached hydrogen (secondary N) is 1. The van der Waals surface area contributed by atoms with E-state index in [4.69, 9.17) is 10.00 Å². The summed E-state index contributed by atoms with van der Waals surface area (Å²) in [5, 5.41) is 12.5. The maximum atomic E-state index is 13.3. The molecule has 1 aliphatic heterocycles. The lowest BCUT2D eigenvalue weighted by Gasteiger charge is -2.33. The van der Waals surface area contributed by atoms with Gasteiger partial charge in [0.1, 0.15) is 17.6 Å². The van der Waals surface area contributed by atoms with E-state index in [0.717, 1.165) is 24.2 Å². The van der Waals surface area contributed by atoms with Crippen molar-refractivity contribution in [1.29, 1.82) is 5.26 Å². The highest BCUT2D eigenvalue weighted by Gasteiger charge is 2.24. The van der Waals surface area contributed by atoms with Crippen molar-refractivity contribution in [2.24, 2.45) is 0 Å². The maximum Gasteiger partial charge on any atom is 0.227 e. The fraction of sp³-hybridized carbons (Fsp3) is 0.333. The van der Waals surface area contributed by atoms with Gasteiger partial charge in [-0.2, -0.15) is 5.26 Å². The largest absolute Gasteiger partial charge is 0.496 e. The van der Waals surface area contributed by atoms with Crippen molar-refractivity contribution in [1.82, 2.24) is 4.90 Å². The van der Waals surface area contributed by atoms with E-state index < -0.39 is 5.82 Å². The molecule has 0 bridgehead atoms. The van der Waals surface area contributed by atoms with Gasteiger partial charge in [-0.15, -0.1) is 0 Å². The monoisotopic (exact) mass is 367 g/mol. The van der Waals surface area contributed by atoms with Gasteiger partial charge in [0.05, 0.1) is 24.8 Å². The third kappa shape index (κ3) is 4.56. The standard InChI is InChI=1S/C21H22FN3O2/c1-27-20-5-3-2-4-15(20)13-21(26)25-10-8-18(9-11-25)24-19-7-6-17(22)12-16(19)14-23/h2-7,12,18,24H,8-11,13H2,1H3. The Bertz CT molecular complexity index is 855. The number of carbonyl (C=O) groups excluding carboxylic acids is 1. The first-order valence-corrected chi connectivity index (χ1v) is 8.96. The molecular formula is C21H22FN3O2. The topological polar surface area (TPSA) is 65.4 Å². The van der Waals surface area contributed by atoms with Crippen molar-refractivity contribution in [3.05, 3.63) is 59.4 Å². The van der Waals surface area contributed by atoms with Crippen LogP contribution in [-0.4, -0.2) is 37.0 Å². The predicted molar refractivity (Wildman–Crippen MR) is 101 cm³/mol. The van der Waals surface area contributed by atoms with Gasteiger partial charge in [0.15, 0.2) is 0 Å². The van der Waals surface area contributed by atoms with Crippen LogP contribution in [-0.2, 0) is 11.2 Å². The molecule has 3 rings (SSSR count). The number of halogens is 1. The maximum absolute atomic E-state index is 13.3. The van der Waals surface area contributed by atoms with Gasteiger partial charge in [0.25, 0.3) is 0 Å². The highest BCUT2D eigenvalue weighted by Crippen LogP contribution is 2.23. The van der Waals surface area contributed by atoms with Gasteiger partial charge in [-0.05, 0) is 37.1 Å². The molecule has 0 radical (unpaired) electrons. The van der Waals surface area contributed by atoms with Gasteiger partial charge >= 0.3 is 0 Å². The van der Waals surface area contributed by atoms with Crippen LogP contribution in [0, 0.1) is 17.1 Å². The minimum absolute atomic E-state index is 0.0810. The molecule has 0 aromatic heterocycles. The first kappa shape index (κ1) is 18.7. The minimum Gasteiger partial charge on any atom is -0.496 e.